The van der Waals surface area contributed by atoms with Crippen molar-refractivity contribution in [1.29, 1.82) is 0 Å². The van der Waals surface area contributed by atoms with E-state index in [-0.39, 0.29) is 23.3 Å². The van der Waals surface area contributed by atoms with Crippen LogP contribution in [-0.2, 0) is 14.6 Å². The molecule has 0 saturated carbocycles. The van der Waals surface area contributed by atoms with Crippen molar-refractivity contribution in [2.45, 2.75) is 24.0 Å². The van der Waals surface area contributed by atoms with Crippen molar-refractivity contribution < 1.29 is 13.2 Å². The zero-order valence-electron chi connectivity index (χ0n) is 12.8. The van der Waals surface area contributed by atoms with Gasteiger partial charge in [0.15, 0.2) is 9.84 Å². The van der Waals surface area contributed by atoms with Crippen LogP contribution in [0.5, 0.6) is 0 Å². The number of nitrogens with one attached hydrogen (secondary N) is 1. The number of sulfone groups is 1. The summed E-state index contributed by atoms with van der Waals surface area (Å²) < 4.78 is 25.9. The molecule has 7 heteroatoms. The summed E-state index contributed by atoms with van der Waals surface area (Å²) in [6.45, 7) is 3.58. The Labute approximate surface area is 145 Å². The summed E-state index contributed by atoms with van der Waals surface area (Å²) in [6.07, 6.45) is 0. The predicted molar refractivity (Wildman–Crippen MR) is 93.5 cm³/mol. The topological polar surface area (TPSA) is 63.2 Å². The number of rotatable bonds is 6. The number of benzene rings is 1. The minimum atomic E-state index is -3.63. The number of thiophene rings is 1. The van der Waals surface area contributed by atoms with E-state index in [0.717, 1.165) is 0 Å². The highest BCUT2D eigenvalue weighted by Gasteiger charge is 2.30. The van der Waals surface area contributed by atoms with E-state index in [0.29, 0.717) is 9.90 Å². The zero-order chi connectivity index (χ0) is 17.0. The van der Waals surface area contributed by atoms with E-state index in [2.05, 4.69) is 5.32 Å². The van der Waals surface area contributed by atoms with Gasteiger partial charge in [-0.05, 0) is 35.7 Å². The molecule has 2 rings (SSSR count). The number of carbonyl (C=O) groups excluding carboxylic acids is 1. The fourth-order valence-corrected chi connectivity index (χ4v) is 4.93. The molecule has 4 nitrogen and oxygen atoms in total. The number of hydrogen-bond acceptors (Lipinski definition) is 4. The van der Waals surface area contributed by atoms with Gasteiger partial charge in [-0.2, -0.15) is 0 Å². The molecule has 124 valence electrons. The van der Waals surface area contributed by atoms with Crippen LogP contribution in [0.1, 0.15) is 24.0 Å². The molecule has 0 spiro atoms. The van der Waals surface area contributed by atoms with Crippen molar-refractivity contribution in [2.75, 3.05) is 6.54 Å². The van der Waals surface area contributed by atoms with Gasteiger partial charge in [-0.15, -0.1) is 11.3 Å². The van der Waals surface area contributed by atoms with Crippen LogP contribution in [0.15, 0.2) is 46.7 Å². The summed E-state index contributed by atoms with van der Waals surface area (Å²) in [5.41, 5.74) is 0. The molecule has 0 radical (unpaired) electrons. The molecule has 1 N–H and O–H groups in total. The van der Waals surface area contributed by atoms with Crippen molar-refractivity contribution in [1.82, 2.24) is 5.32 Å². The highest BCUT2D eigenvalue weighted by molar-refractivity contribution is 7.91. The standard InChI is InChI=1S/C16H18ClNO3S2/c1-11(2)16(19)18-10-15(14-4-3-9-22-14)23(20,21)13-7-5-12(17)6-8-13/h3-9,11,15H,10H2,1-2H3,(H,18,19)/t15-/m0/s1. The number of carbonyl (C=O) groups is 1. The highest BCUT2D eigenvalue weighted by atomic mass is 35.5. The zero-order valence-corrected chi connectivity index (χ0v) is 15.2. The molecular formula is C16H18ClNO3S2. The van der Waals surface area contributed by atoms with Gasteiger partial charge >= 0.3 is 0 Å². The normalized spacial score (nSPS) is 13.0. The lowest BCUT2D eigenvalue weighted by molar-refractivity contribution is -0.123. The predicted octanol–water partition coefficient (Wildman–Crippen LogP) is 3.69. The SMILES string of the molecule is CC(C)C(=O)NC[C@@H](c1cccs1)S(=O)(=O)c1ccc(Cl)cc1. The first-order valence-electron chi connectivity index (χ1n) is 7.13. The van der Waals surface area contributed by atoms with Crippen LogP contribution in [0.25, 0.3) is 0 Å². The van der Waals surface area contributed by atoms with Gasteiger partial charge in [-0.1, -0.05) is 31.5 Å². The maximum absolute atomic E-state index is 12.9. The molecule has 1 aromatic carbocycles. The first kappa shape index (κ1) is 18.0. The maximum Gasteiger partial charge on any atom is 0.222 e. The largest absolute Gasteiger partial charge is 0.354 e. The van der Waals surface area contributed by atoms with E-state index >= 15 is 0 Å². The molecule has 0 aliphatic heterocycles. The molecule has 0 aliphatic rings. The van der Waals surface area contributed by atoms with E-state index in [1.54, 1.807) is 38.1 Å². The molecule has 1 atom stereocenters. The molecule has 1 aromatic heterocycles. The highest BCUT2D eigenvalue weighted by Crippen LogP contribution is 2.31. The van der Waals surface area contributed by atoms with Crippen molar-refractivity contribution >= 4 is 38.7 Å². The average molecular weight is 372 g/mol. The van der Waals surface area contributed by atoms with Gasteiger partial charge in [0.1, 0.15) is 5.25 Å². The average Bonchev–Trinajstić information content (AvgIpc) is 3.01. The minimum absolute atomic E-state index is 0.0441. The Morgan fingerprint density at radius 3 is 2.39 bits per heavy atom. The Hall–Kier alpha value is -1.37. The van der Waals surface area contributed by atoms with E-state index in [1.807, 2.05) is 5.38 Å². The maximum atomic E-state index is 12.9. The summed E-state index contributed by atoms with van der Waals surface area (Å²) in [4.78, 5) is 12.7. The fourth-order valence-electron chi connectivity index (χ4n) is 2.02. The molecule has 0 unspecified atom stereocenters. The van der Waals surface area contributed by atoms with Crippen LogP contribution >= 0.6 is 22.9 Å². The summed E-state index contributed by atoms with van der Waals surface area (Å²) in [5.74, 6) is -0.366. The van der Waals surface area contributed by atoms with Crippen LogP contribution < -0.4 is 5.32 Å². The first-order chi connectivity index (χ1) is 10.8. The molecular weight excluding hydrogens is 354 g/mol. The van der Waals surface area contributed by atoms with Crippen LogP contribution in [0.3, 0.4) is 0 Å². The third-order valence-corrected chi connectivity index (χ3v) is 6.85. The Kier molecular flexibility index (Phi) is 5.84. The molecule has 23 heavy (non-hydrogen) atoms. The Morgan fingerprint density at radius 1 is 1.22 bits per heavy atom. The van der Waals surface area contributed by atoms with E-state index in [4.69, 9.17) is 11.6 Å². The number of amides is 1. The van der Waals surface area contributed by atoms with Gasteiger partial charge in [0.2, 0.25) is 5.91 Å². The van der Waals surface area contributed by atoms with Gasteiger partial charge in [0.05, 0.1) is 4.90 Å². The summed E-state index contributed by atoms with van der Waals surface area (Å²) in [5, 5.41) is 4.21. The van der Waals surface area contributed by atoms with Crippen molar-refractivity contribution in [3.63, 3.8) is 0 Å². The summed E-state index contributed by atoms with van der Waals surface area (Å²) in [6, 6.07) is 9.64. The molecule has 1 heterocycles. The first-order valence-corrected chi connectivity index (χ1v) is 9.93. The molecule has 0 saturated heterocycles. The summed E-state index contributed by atoms with van der Waals surface area (Å²) >= 11 is 7.19. The van der Waals surface area contributed by atoms with Crippen LogP contribution in [0.4, 0.5) is 0 Å². The third kappa shape index (κ3) is 4.34. The molecule has 0 bridgehead atoms. The minimum Gasteiger partial charge on any atom is -0.354 e. The quantitative estimate of drug-likeness (QED) is 0.842. The van der Waals surface area contributed by atoms with E-state index in [1.165, 1.54) is 23.5 Å². The molecule has 2 aromatic rings. The second kappa shape index (κ2) is 7.47. The van der Waals surface area contributed by atoms with E-state index in [9.17, 15) is 13.2 Å². The third-order valence-electron chi connectivity index (χ3n) is 3.36. The Morgan fingerprint density at radius 2 is 1.87 bits per heavy atom. The monoisotopic (exact) mass is 371 g/mol. The van der Waals surface area contributed by atoms with Gasteiger partial charge < -0.3 is 5.32 Å². The Balaban J connectivity index is 2.33. The molecule has 0 aliphatic carbocycles. The second-order valence-corrected chi connectivity index (χ2v) is 8.95. The lowest BCUT2D eigenvalue weighted by Crippen LogP contribution is -2.34. The van der Waals surface area contributed by atoms with Crippen molar-refractivity contribution in [2.24, 2.45) is 5.92 Å². The van der Waals surface area contributed by atoms with Gasteiger partial charge in [-0.25, -0.2) is 8.42 Å². The number of hydrogen-bond donors (Lipinski definition) is 1. The fraction of sp³-hybridized carbons (Fsp3) is 0.312. The molecule has 1 amide bonds. The Bertz CT molecular complexity index is 753. The number of halogens is 1. The van der Waals surface area contributed by atoms with Crippen molar-refractivity contribution in [3.8, 4) is 0 Å². The van der Waals surface area contributed by atoms with Crippen LogP contribution in [0, 0.1) is 5.92 Å². The van der Waals surface area contributed by atoms with Crippen LogP contribution in [0.2, 0.25) is 5.02 Å². The van der Waals surface area contributed by atoms with E-state index < -0.39 is 15.1 Å². The van der Waals surface area contributed by atoms with Crippen molar-refractivity contribution in [3.05, 3.63) is 51.7 Å². The van der Waals surface area contributed by atoms with Crippen LogP contribution in [-0.4, -0.2) is 20.9 Å². The smallest absolute Gasteiger partial charge is 0.222 e. The van der Waals surface area contributed by atoms with Gasteiger partial charge in [0.25, 0.3) is 0 Å². The van der Waals surface area contributed by atoms with Gasteiger partial charge in [-0.3, -0.25) is 4.79 Å². The summed E-state index contributed by atoms with van der Waals surface area (Å²) in [7, 11) is -3.63. The second-order valence-electron chi connectivity index (χ2n) is 5.40. The lowest BCUT2D eigenvalue weighted by atomic mass is 10.2. The lowest BCUT2D eigenvalue weighted by Gasteiger charge is -2.18. The van der Waals surface area contributed by atoms with Gasteiger partial charge in [0, 0.05) is 22.4 Å². The molecule has 0 fully saturated rings.